The maximum absolute atomic E-state index is 12.9. The number of hydrogen-bond donors (Lipinski definition) is 0. The summed E-state index contributed by atoms with van der Waals surface area (Å²) in [6.45, 7) is -0.340. The van der Waals surface area contributed by atoms with Crippen molar-refractivity contribution in [2.24, 2.45) is 0 Å². The van der Waals surface area contributed by atoms with Crippen LogP contribution in [0.5, 0.6) is 0 Å². The van der Waals surface area contributed by atoms with Crippen LogP contribution in [0.25, 0.3) is 11.3 Å². The normalized spacial score (nSPS) is 12.5. The lowest BCUT2D eigenvalue weighted by Gasteiger charge is -2.13. The van der Waals surface area contributed by atoms with Crippen LogP contribution in [0.4, 0.5) is 26.3 Å². The highest BCUT2D eigenvalue weighted by molar-refractivity contribution is 7.93. The third kappa shape index (κ3) is 4.35. The van der Waals surface area contributed by atoms with Gasteiger partial charge in [-0.05, 0) is 23.7 Å². The van der Waals surface area contributed by atoms with Gasteiger partial charge in [0.15, 0.2) is 0 Å². The van der Waals surface area contributed by atoms with E-state index in [1.54, 1.807) is 6.26 Å². The topological polar surface area (TPSA) is 47.9 Å². The fraction of sp³-hybridized carbons (Fsp3) is 0.308. The van der Waals surface area contributed by atoms with E-state index in [0.29, 0.717) is 6.20 Å². The van der Waals surface area contributed by atoms with E-state index in [0.717, 1.165) is 30.5 Å². The van der Waals surface area contributed by atoms with Crippen molar-refractivity contribution in [3.05, 3.63) is 41.6 Å². The third-order valence-electron chi connectivity index (χ3n) is 2.83. The first-order valence-electron chi connectivity index (χ1n) is 6.24. The highest BCUT2D eigenvalue weighted by atomic mass is 32.2. The van der Waals surface area contributed by atoms with Gasteiger partial charge in [-0.2, -0.15) is 26.3 Å². The second-order valence-corrected chi connectivity index (χ2v) is 5.02. The number of rotatable bonds is 4. The molecule has 4 nitrogen and oxygen atoms in total. The Morgan fingerprint density at radius 3 is 2.08 bits per heavy atom. The molecule has 0 amide bonds. The molecule has 0 aliphatic rings. The fourth-order valence-electron chi connectivity index (χ4n) is 1.76. The van der Waals surface area contributed by atoms with Crippen LogP contribution >= 0.6 is 12.0 Å². The Hall–Kier alpha value is -1.88. The summed E-state index contributed by atoms with van der Waals surface area (Å²) in [5.74, 6) is -1.34. The number of alkyl halides is 6. The van der Waals surface area contributed by atoms with E-state index < -0.39 is 23.7 Å². The van der Waals surface area contributed by atoms with Crippen LogP contribution in [-0.4, -0.2) is 21.2 Å². The summed E-state index contributed by atoms with van der Waals surface area (Å²) in [6.07, 6.45) is -5.48. The van der Waals surface area contributed by atoms with Gasteiger partial charge in [0.2, 0.25) is 5.82 Å². The maximum Gasteiger partial charge on any atom is 0.451 e. The van der Waals surface area contributed by atoms with Gasteiger partial charge in [0, 0.05) is 30.4 Å². The predicted octanol–water partition coefficient (Wildman–Crippen LogP) is 4.37. The average molecular weight is 369 g/mol. The van der Waals surface area contributed by atoms with Gasteiger partial charge in [-0.3, -0.25) is 4.98 Å². The van der Waals surface area contributed by atoms with Crippen molar-refractivity contribution in [1.29, 1.82) is 0 Å². The largest absolute Gasteiger partial charge is 0.451 e. The van der Waals surface area contributed by atoms with Crippen LogP contribution in [-0.2, 0) is 23.1 Å². The molecule has 0 radical (unpaired) electrons. The van der Waals surface area contributed by atoms with Crippen molar-refractivity contribution in [3.63, 3.8) is 0 Å². The van der Waals surface area contributed by atoms with E-state index in [2.05, 4.69) is 15.0 Å². The minimum absolute atomic E-state index is 0.0106. The molecular formula is C13H9F6N3OS. The van der Waals surface area contributed by atoms with Gasteiger partial charge < -0.3 is 4.18 Å². The molecule has 0 aromatic carbocycles. The molecule has 130 valence electrons. The standard InChI is InChI=1S/C13H9F6N3OS/c1-24-23-6-7-2-10(20-5-9(7)12(14,15)16)8-3-21-11(22-4-8)13(17,18)19/h2-5H,6H2,1H3. The van der Waals surface area contributed by atoms with Crippen LogP contribution in [0.15, 0.2) is 24.7 Å². The SMILES string of the molecule is CSOCc1cc(-c2cnc(C(F)(F)F)nc2)ncc1C(F)(F)F. The van der Waals surface area contributed by atoms with E-state index in [9.17, 15) is 26.3 Å². The van der Waals surface area contributed by atoms with Gasteiger partial charge in [0.1, 0.15) is 0 Å². The first-order chi connectivity index (χ1) is 11.1. The smallest absolute Gasteiger partial charge is 0.311 e. The average Bonchev–Trinajstić information content (AvgIpc) is 2.51. The lowest BCUT2D eigenvalue weighted by molar-refractivity contribution is -0.145. The zero-order chi connectivity index (χ0) is 18.0. The maximum atomic E-state index is 12.9. The lowest BCUT2D eigenvalue weighted by Crippen LogP contribution is -2.12. The molecule has 0 N–H and O–H groups in total. The molecule has 2 aromatic heterocycles. The van der Waals surface area contributed by atoms with Gasteiger partial charge in [-0.1, -0.05) is 0 Å². The van der Waals surface area contributed by atoms with E-state index in [-0.39, 0.29) is 23.4 Å². The highest BCUT2D eigenvalue weighted by Crippen LogP contribution is 2.34. The van der Waals surface area contributed by atoms with Crippen molar-refractivity contribution in [2.45, 2.75) is 19.0 Å². The van der Waals surface area contributed by atoms with Crippen LogP contribution < -0.4 is 0 Å². The highest BCUT2D eigenvalue weighted by Gasteiger charge is 2.35. The molecular weight excluding hydrogens is 360 g/mol. The monoisotopic (exact) mass is 369 g/mol. The Bertz CT molecular complexity index is 702. The van der Waals surface area contributed by atoms with E-state index in [4.69, 9.17) is 4.18 Å². The Balaban J connectivity index is 2.40. The lowest BCUT2D eigenvalue weighted by atomic mass is 10.1. The second-order valence-electron chi connectivity index (χ2n) is 4.45. The molecule has 0 aliphatic carbocycles. The second kappa shape index (κ2) is 6.93. The van der Waals surface area contributed by atoms with E-state index >= 15 is 0 Å². The van der Waals surface area contributed by atoms with Gasteiger partial charge in [-0.25, -0.2) is 9.97 Å². The number of halogens is 6. The van der Waals surface area contributed by atoms with Crippen LogP contribution in [0.3, 0.4) is 0 Å². The summed E-state index contributed by atoms with van der Waals surface area (Å²) < 4.78 is 81.0. The van der Waals surface area contributed by atoms with Crippen molar-refractivity contribution < 1.29 is 30.5 Å². The first-order valence-corrected chi connectivity index (χ1v) is 7.39. The Kier molecular flexibility index (Phi) is 5.33. The third-order valence-corrected chi connectivity index (χ3v) is 3.18. The van der Waals surface area contributed by atoms with Gasteiger partial charge in [0.25, 0.3) is 0 Å². The summed E-state index contributed by atoms with van der Waals surface area (Å²) in [5, 5.41) is 0. The van der Waals surface area contributed by atoms with Crippen LogP contribution in [0, 0.1) is 0 Å². The molecule has 0 spiro atoms. The van der Waals surface area contributed by atoms with Crippen LogP contribution in [0.2, 0.25) is 0 Å². The van der Waals surface area contributed by atoms with Crippen LogP contribution in [0.1, 0.15) is 17.0 Å². The van der Waals surface area contributed by atoms with Gasteiger partial charge >= 0.3 is 12.4 Å². The molecule has 0 saturated heterocycles. The summed E-state index contributed by atoms with van der Waals surface area (Å²) in [4.78, 5) is 9.94. The van der Waals surface area contributed by atoms with Gasteiger partial charge in [-0.15, -0.1) is 0 Å². The Labute approximate surface area is 136 Å². The molecule has 2 rings (SSSR count). The van der Waals surface area contributed by atoms with E-state index in [1.807, 2.05) is 0 Å². The number of nitrogens with zero attached hydrogens (tertiary/aromatic N) is 3. The molecule has 0 atom stereocenters. The molecule has 0 bridgehead atoms. The van der Waals surface area contributed by atoms with Crippen molar-refractivity contribution in [1.82, 2.24) is 15.0 Å². The minimum atomic E-state index is -4.70. The number of aromatic nitrogens is 3. The molecule has 24 heavy (non-hydrogen) atoms. The molecule has 2 aromatic rings. The Morgan fingerprint density at radius 2 is 1.58 bits per heavy atom. The molecule has 11 heteroatoms. The number of hydrogen-bond acceptors (Lipinski definition) is 5. The molecule has 2 heterocycles. The predicted molar refractivity (Wildman–Crippen MR) is 73.6 cm³/mol. The number of pyridine rings is 1. The van der Waals surface area contributed by atoms with Gasteiger partial charge in [0.05, 0.1) is 17.9 Å². The van der Waals surface area contributed by atoms with Crippen molar-refractivity contribution in [3.8, 4) is 11.3 Å². The fourth-order valence-corrected chi connectivity index (χ4v) is 2.00. The summed E-state index contributed by atoms with van der Waals surface area (Å²) in [6, 6.07) is 1.09. The minimum Gasteiger partial charge on any atom is -0.311 e. The van der Waals surface area contributed by atoms with E-state index in [1.165, 1.54) is 0 Å². The zero-order valence-electron chi connectivity index (χ0n) is 11.9. The molecule has 0 fully saturated rings. The molecule has 0 unspecified atom stereocenters. The van der Waals surface area contributed by atoms with Crippen molar-refractivity contribution in [2.75, 3.05) is 6.26 Å². The summed E-state index contributed by atoms with van der Waals surface area (Å²) in [7, 11) is 0. The quantitative estimate of drug-likeness (QED) is 0.592. The van der Waals surface area contributed by atoms with Crippen molar-refractivity contribution >= 4 is 12.0 Å². The zero-order valence-corrected chi connectivity index (χ0v) is 12.8. The molecule has 0 saturated carbocycles. The summed E-state index contributed by atoms with van der Waals surface area (Å²) >= 11 is 0.885. The Morgan fingerprint density at radius 1 is 0.958 bits per heavy atom. The summed E-state index contributed by atoms with van der Waals surface area (Å²) in [5.41, 5.74) is -1.10. The molecule has 0 aliphatic heterocycles. The first kappa shape index (κ1) is 18.5.